The van der Waals surface area contributed by atoms with Crippen LogP contribution in [0.4, 0.5) is 4.79 Å². The number of nitrogens with zero attached hydrogens (tertiary/aromatic N) is 1. The molecule has 39 heavy (non-hydrogen) atoms. The second-order valence-corrected chi connectivity index (χ2v) is 12.4. The maximum absolute atomic E-state index is 12.4. The van der Waals surface area contributed by atoms with Gasteiger partial charge < -0.3 is 31.5 Å². The molecule has 4 atom stereocenters. The number of amides is 5. The van der Waals surface area contributed by atoms with Crippen LogP contribution < -0.4 is 26.6 Å². The van der Waals surface area contributed by atoms with Crippen molar-refractivity contribution < 1.29 is 19.2 Å². The van der Waals surface area contributed by atoms with Crippen molar-refractivity contribution in [3.8, 4) is 0 Å². The molecule has 3 rings (SSSR count). The first-order chi connectivity index (χ1) is 18.8. The van der Waals surface area contributed by atoms with Gasteiger partial charge >= 0.3 is 6.03 Å². The number of urea groups is 1. The van der Waals surface area contributed by atoms with Crippen LogP contribution in [0.3, 0.4) is 0 Å². The van der Waals surface area contributed by atoms with Gasteiger partial charge in [0.05, 0.1) is 12.1 Å². The SMILES string of the molecule is CCC(=O)NC(CCC(=O)NCCNC(=O)CC1SCC2NC(=O)NC21)CN(C)CCSCc1ccccc1. The lowest BCUT2D eigenvalue weighted by Crippen LogP contribution is -2.44. The van der Waals surface area contributed by atoms with Crippen LogP contribution in [0.15, 0.2) is 30.3 Å². The van der Waals surface area contributed by atoms with Gasteiger partial charge in [-0.05, 0) is 19.0 Å². The number of hydrogen-bond acceptors (Lipinski definition) is 7. The van der Waals surface area contributed by atoms with E-state index in [1.807, 2.05) is 31.8 Å². The third-order valence-corrected chi connectivity index (χ3v) is 9.21. The third-order valence-electron chi connectivity index (χ3n) is 6.76. The van der Waals surface area contributed by atoms with Crippen molar-refractivity contribution in [2.24, 2.45) is 0 Å². The molecule has 2 heterocycles. The van der Waals surface area contributed by atoms with E-state index in [-0.39, 0.29) is 47.1 Å². The minimum absolute atomic E-state index is 0.0128. The summed E-state index contributed by atoms with van der Waals surface area (Å²) in [5.41, 5.74) is 1.31. The van der Waals surface area contributed by atoms with Gasteiger partial charge in [-0.2, -0.15) is 23.5 Å². The Morgan fingerprint density at radius 3 is 2.59 bits per heavy atom. The van der Waals surface area contributed by atoms with E-state index >= 15 is 0 Å². The molecule has 4 unspecified atom stereocenters. The second-order valence-electron chi connectivity index (χ2n) is 9.98. The molecule has 2 fully saturated rings. The Hall–Kier alpha value is -2.44. The van der Waals surface area contributed by atoms with Crippen LogP contribution >= 0.6 is 23.5 Å². The lowest BCUT2D eigenvalue weighted by atomic mass is 10.1. The largest absolute Gasteiger partial charge is 0.354 e. The first-order valence-electron chi connectivity index (χ1n) is 13.7. The average molecular weight is 579 g/mol. The monoisotopic (exact) mass is 578 g/mol. The topological polar surface area (TPSA) is 132 Å². The van der Waals surface area contributed by atoms with Crippen LogP contribution in [0, 0.1) is 0 Å². The fourth-order valence-corrected chi connectivity index (χ4v) is 7.10. The van der Waals surface area contributed by atoms with Crippen LogP contribution in [0.1, 0.15) is 38.2 Å². The van der Waals surface area contributed by atoms with Crippen molar-refractivity contribution in [1.82, 2.24) is 31.5 Å². The van der Waals surface area contributed by atoms with E-state index < -0.39 is 0 Å². The van der Waals surface area contributed by atoms with E-state index in [1.165, 1.54) is 5.56 Å². The fraction of sp³-hybridized carbons (Fsp3) is 0.630. The molecule has 12 heteroatoms. The van der Waals surface area contributed by atoms with Gasteiger partial charge in [-0.25, -0.2) is 4.79 Å². The molecule has 0 spiro atoms. The third kappa shape index (κ3) is 11.3. The molecule has 0 aromatic heterocycles. The molecule has 2 aliphatic rings. The summed E-state index contributed by atoms with van der Waals surface area (Å²) < 4.78 is 0. The quantitative estimate of drug-likeness (QED) is 0.139. The van der Waals surface area contributed by atoms with Crippen molar-refractivity contribution in [2.45, 2.75) is 61.7 Å². The number of hydrogen-bond donors (Lipinski definition) is 5. The van der Waals surface area contributed by atoms with E-state index in [4.69, 9.17) is 0 Å². The Morgan fingerprint density at radius 1 is 1.10 bits per heavy atom. The van der Waals surface area contributed by atoms with Crippen LogP contribution in [0.2, 0.25) is 0 Å². The number of thioether (sulfide) groups is 2. The van der Waals surface area contributed by atoms with Gasteiger partial charge in [-0.1, -0.05) is 37.3 Å². The first kappa shape index (κ1) is 31.1. The van der Waals surface area contributed by atoms with Crippen LogP contribution in [-0.4, -0.2) is 96.8 Å². The number of nitrogens with one attached hydrogen (secondary N) is 5. The average Bonchev–Trinajstić information content (AvgIpc) is 3.47. The molecule has 2 saturated heterocycles. The fourth-order valence-electron chi connectivity index (χ4n) is 4.61. The van der Waals surface area contributed by atoms with Gasteiger partial charge in [0.2, 0.25) is 17.7 Å². The van der Waals surface area contributed by atoms with Crippen molar-refractivity contribution >= 4 is 47.3 Å². The Morgan fingerprint density at radius 2 is 1.85 bits per heavy atom. The summed E-state index contributed by atoms with van der Waals surface area (Å²) in [6, 6.07) is 10.2. The van der Waals surface area contributed by atoms with Crippen molar-refractivity contribution in [1.29, 1.82) is 0 Å². The summed E-state index contributed by atoms with van der Waals surface area (Å²) in [7, 11) is 2.04. The van der Waals surface area contributed by atoms with E-state index in [2.05, 4.69) is 55.7 Å². The molecule has 0 bridgehead atoms. The van der Waals surface area contributed by atoms with Gasteiger partial charge in [-0.3, -0.25) is 14.4 Å². The summed E-state index contributed by atoms with van der Waals surface area (Å²) in [4.78, 5) is 50.4. The predicted octanol–water partition coefficient (Wildman–Crippen LogP) is 1.31. The molecule has 1 aromatic rings. The van der Waals surface area contributed by atoms with Crippen LogP contribution in [-0.2, 0) is 20.1 Å². The van der Waals surface area contributed by atoms with Gasteiger partial charge in [0, 0.05) is 74.0 Å². The Kier molecular flexibility index (Phi) is 13.2. The highest BCUT2D eigenvalue weighted by molar-refractivity contribution is 8.00. The highest BCUT2D eigenvalue weighted by atomic mass is 32.2. The van der Waals surface area contributed by atoms with Crippen LogP contribution in [0.5, 0.6) is 0 Å². The van der Waals surface area contributed by atoms with E-state index in [1.54, 1.807) is 11.8 Å². The molecule has 0 saturated carbocycles. The van der Waals surface area contributed by atoms with E-state index in [0.717, 1.165) is 23.8 Å². The molecule has 1 aromatic carbocycles. The molecule has 2 aliphatic heterocycles. The summed E-state index contributed by atoms with van der Waals surface area (Å²) in [6.07, 6.45) is 1.59. The minimum Gasteiger partial charge on any atom is -0.354 e. The maximum Gasteiger partial charge on any atom is 0.315 e. The van der Waals surface area contributed by atoms with E-state index in [9.17, 15) is 19.2 Å². The Labute approximate surface area is 239 Å². The van der Waals surface area contributed by atoms with Crippen LogP contribution in [0.25, 0.3) is 0 Å². The zero-order valence-electron chi connectivity index (χ0n) is 22.9. The second kappa shape index (κ2) is 16.6. The molecule has 10 nitrogen and oxygen atoms in total. The smallest absolute Gasteiger partial charge is 0.315 e. The number of carbonyl (C=O) groups is 4. The minimum atomic E-state index is -0.167. The molecule has 0 radical (unpaired) electrons. The molecular formula is C27H42N6O4S2. The lowest BCUT2D eigenvalue weighted by molar-refractivity contribution is -0.123. The summed E-state index contributed by atoms with van der Waals surface area (Å²) in [6.45, 7) is 4.09. The number of benzene rings is 1. The van der Waals surface area contributed by atoms with Gasteiger partial charge in [0.1, 0.15) is 0 Å². The highest BCUT2D eigenvalue weighted by Crippen LogP contribution is 2.31. The Bertz CT molecular complexity index is 953. The molecule has 216 valence electrons. The molecule has 5 N–H and O–H groups in total. The zero-order valence-corrected chi connectivity index (χ0v) is 24.5. The Balaban J connectivity index is 1.28. The number of likely N-dealkylation sites (N-methyl/N-ethyl adjacent to an activating group) is 1. The molecule has 0 aliphatic carbocycles. The maximum atomic E-state index is 12.4. The van der Waals surface area contributed by atoms with Crippen molar-refractivity contribution in [3.05, 3.63) is 35.9 Å². The summed E-state index contributed by atoms with van der Waals surface area (Å²) >= 11 is 3.57. The number of fused-ring (bicyclic) bond motifs is 1. The molecule has 5 amide bonds. The van der Waals surface area contributed by atoms with E-state index in [0.29, 0.717) is 45.3 Å². The van der Waals surface area contributed by atoms with Gasteiger partial charge in [0.25, 0.3) is 0 Å². The van der Waals surface area contributed by atoms with Crippen molar-refractivity contribution in [2.75, 3.05) is 44.7 Å². The highest BCUT2D eigenvalue weighted by Gasteiger charge is 2.43. The van der Waals surface area contributed by atoms with Gasteiger partial charge in [0.15, 0.2) is 0 Å². The zero-order chi connectivity index (χ0) is 28.0. The molecular weight excluding hydrogens is 536 g/mol. The number of rotatable bonds is 17. The summed E-state index contributed by atoms with van der Waals surface area (Å²) in [5, 5.41) is 14.6. The van der Waals surface area contributed by atoms with Crippen molar-refractivity contribution in [3.63, 3.8) is 0 Å². The van der Waals surface area contributed by atoms with Gasteiger partial charge in [-0.15, -0.1) is 0 Å². The lowest BCUT2D eigenvalue weighted by Gasteiger charge is -2.25. The normalized spacial score (nSPS) is 20.6. The predicted molar refractivity (Wildman–Crippen MR) is 158 cm³/mol. The first-order valence-corrected chi connectivity index (χ1v) is 15.9. The summed E-state index contributed by atoms with van der Waals surface area (Å²) in [5.74, 6) is 2.56. The standard InChI is InChI=1S/C27H42N6O4S2/c1-3-23(34)30-20(16-33(2)13-14-38-17-19-7-5-4-6-8-19)9-10-24(35)28-11-12-29-25(36)15-22-26-21(18-39-22)31-27(37)32-26/h4-8,20-22,26H,3,9-18H2,1-2H3,(H,28,35)(H,29,36)(H,30,34)(H2,31,32,37). The number of carbonyl (C=O) groups excluding carboxylic acids is 4.